The number of rotatable bonds is 12. The first-order valence-corrected chi connectivity index (χ1v) is 29.7. The first-order chi connectivity index (χ1) is 40.8. The van der Waals surface area contributed by atoms with Crippen molar-refractivity contribution in [2.24, 2.45) is 0 Å². The lowest BCUT2D eigenvalue weighted by atomic mass is 9.88. The minimum Gasteiger partial charge on any atom is -0.457 e. The zero-order chi connectivity index (χ0) is 57.7. The number of hydrogen-bond acceptors (Lipinski definition) is 5. The van der Waals surface area contributed by atoms with E-state index >= 15 is 0 Å². The Morgan fingerprint density at radius 1 is 0.393 bits per heavy atom. The van der Waals surface area contributed by atoms with E-state index in [9.17, 15) is 0 Å². The second-order valence-corrected chi connectivity index (χ2v) is 24.0. The Morgan fingerprint density at radius 3 is 1.49 bits per heavy atom. The van der Waals surface area contributed by atoms with Crippen molar-refractivity contribution in [3.8, 4) is 67.9 Å². The van der Waals surface area contributed by atoms with Crippen molar-refractivity contribution in [1.29, 1.82) is 0 Å². The van der Waals surface area contributed by atoms with Crippen LogP contribution in [0, 0.1) is 13.8 Å². The van der Waals surface area contributed by atoms with Gasteiger partial charge in [0, 0.05) is 33.1 Å². The molecule has 0 spiro atoms. The number of nitrogens with zero attached hydrogens (tertiary/aromatic N) is 5. The van der Waals surface area contributed by atoms with Crippen molar-refractivity contribution < 1.29 is 9.15 Å². The fourth-order valence-corrected chi connectivity index (χ4v) is 12.9. The number of hydrogen-bond donors (Lipinski definition) is 0. The second kappa shape index (κ2) is 20.7. The van der Waals surface area contributed by atoms with Crippen LogP contribution in [-0.4, -0.2) is 24.1 Å². The monoisotopic (exact) mass is 1090 g/mol. The van der Waals surface area contributed by atoms with Gasteiger partial charge in [-0.05, 0) is 195 Å². The number of imidazole rings is 2. The molecule has 0 N–H and O–H groups in total. The van der Waals surface area contributed by atoms with Gasteiger partial charge in [0.2, 0.25) is 0 Å². The molecule has 0 unspecified atom stereocenters. The molecule has 84 heavy (non-hydrogen) atoms. The first-order valence-electron chi connectivity index (χ1n) is 29.7. The summed E-state index contributed by atoms with van der Waals surface area (Å²) < 4.78 is 19.4. The van der Waals surface area contributed by atoms with Crippen LogP contribution in [0.5, 0.6) is 11.5 Å². The molecule has 0 bridgehead atoms. The molecule has 4 aromatic heterocycles. The molecule has 0 aliphatic carbocycles. The molecule has 0 fully saturated rings. The maximum Gasteiger partial charge on any atom is 0.149 e. The predicted molar refractivity (Wildman–Crippen MR) is 350 cm³/mol. The van der Waals surface area contributed by atoms with Gasteiger partial charge in [0.25, 0.3) is 0 Å². The Kier molecular flexibility index (Phi) is 12.9. The van der Waals surface area contributed by atoms with Crippen LogP contribution in [-0.2, 0) is 0 Å². The third-order valence-electron chi connectivity index (χ3n) is 17.0. The van der Waals surface area contributed by atoms with Gasteiger partial charge in [-0.1, -0.05) is 159 Å². The molecule has 0 saturated carbocycles. The van der Waals surface area contributed by atoms with Gasteiger partial charge < -0.3 is 9.15 Å². The number of benzene rings is 10. The van der Waals surface area contributed by atoms with Gasteiger partial charge >= 0.3 is 0 Å². The number of aryl methyl sites for hydroxylation is 2. The van der Waals surface area contributed by atoms with Crippen LogP contribution in [0.15, 0.2) is 205 Å². The molecule has 14 rings (SSSR count). The van der Waals surface area contributed by atoms with Gasteiger partial charge in [0.1, 0.15) is 34.3 Å². The van der Waals surface area contributed by atoms with Crippen molar-refractivity contribution in [3.63, 3.8) is 0 Å². The summed E-state index contributed by atoms with van der Waals surface area (Å²) in [5.41, 5.74) is 21.3. The molecule has 0 atom stereocenters. The summed E-state index contributed by atoms with van der Waals surface area (Å²) in [6.07, 6.45) is 0. The van der Waals surface area contributed by atoms with Gasteiger partial charge in [0.15, 0.2) is 0 Å². The summed E-state index contributed by atoms with van der Waals surface area (Å²) in [5, 5.41) is 6.43. The highest BCUT2D eigenvalue weighted by atomic mass is 16.5. The Morgan fingerprint density at radius 2 is 0.917 bits per heavy atom. The summed E-state index contributed by atoms with van der Waals surface area (Å²) in [7, 11) is 0. The van der Waals surface area contributed by atoms with Crippen LogP contribution in [0.1, 0.15) is 113 Å². The van der Waals surface area contributed by atoms with Crippen LogP contribution in [0.25, 0.3) is 122 Å². The van der Waals surface area contributed by atoms with Crippen molar-refractivity contribution in [2.75, 3.05) is 0 Å². The van der Waals surface area contributed by atoms with E-state index in [1.54, 1.807) is 0 Å². The predicted octanol–water partition coefficient (Wildman–Crippen LogP) is 21.5. The highest BCUT2D eigenvalue weighted by Crippen LogP contribution is 2.48. The largest absolute Gasteiger partial charge is 0.457 e. The number of aromatic nitrogens is 5. The lowest BCUT2D eigenvalue weighted by Crippen LogP contribution is -2.09. The standard InChI is InChI=1S/C77H67N5O2/c1-44(2)59-37-54(50-22-13-11-14-23-50)38-60(45(3)4)73(59)81-69-30-19-17-28-67(69)79-76(81)53-26-21-27-57(36-53)83-58-41-65-72-64-43-63-49(10)78-48(9)34-56(63)35-52(64)32-33-71(72)84-75(65)66(42-58)77-80-68-29-18-20-31-70(68)82(77)74-61(46(5)6)39-55(40-62(74)47(7)8)51-24-15-12-16-25-51/h11-47H,1-10H3. The van der Waals surface area contributed by atoms with Crippen molar-refractivity contribution in [2.45, 2.75) is 92.9 Å². The number of fused-ring (bicyclic) bond motifs is 8. The average molecular weight is 1090 g/mol. The Hall–Kier alpha value is -9.59. The van der Waals surface area contributed by atoms with Crippen molar-refractivity contribution >= 4 is 65.6 Å². The van der Waals surface area contributed by atoms with E-state index in [-0.39, 0.29) is 23.7 Å². The lowest BCUT2D eigenvalue weighted by molar-refractivity contribution is 0.483. The zero-order valence-corrected chi connectivity index (χ0v) is 49.4. The summed E-state index contributed by atoms with van der Waals surface area (Å²) >= 11 is 0. The fourth-order valence-electron chi connectivity index (χ4n) is 12.9. The average Bonchev–Trinajstić information content (AvgIpc) is 2.88. The molecule has 0 saturated heterocycles. The van der Waals surface area contributed by atoms with Crippen LogP contribution in [0.4, 0.5) is 0 Å². The van der Waals surface area contributed by atoms with Crippen LogP contribution >= 0.6 is 0 Å². The molecule has 10 aromatic carbocycles. The quantitative estimate of drug-likeness (QED) is 0.114. The number of ether oxygens (including phenoxy) is 1. The second-order valence-electron chi connectivity index (χ2n) is 24.0. The molecule has 7 nitrogen and oxygen atoms in total. The van der Waals surface area contributed by atoms with Crippen molar-refractivity contribution in [3.05, 3.63) is 234 Å². The summed E-state index contributed by atoms with van der Waals surface area (Å²) in [5.74, 6) is 3.78. The summed E-state index contributed by atoms with van der Waals surface area (Å²) in [6, 6.07) is 71.8. The molecule has 0 radical (unpaired) electrons. The maximum atomic E-state index is 7.33. The molecule has 4 heterocycles. The minimum atomic E-state index is 0.182. The topological polar surface area (TPSA) is 70.9 Å². The van der Waals surface area contributed by atoms with E-state index in [0.717, 1.165) is 105 Å². The lowest BCUT2D eigenvalue weighted by Gasteiger charge is -2.24. The summed E-state index contributed by atoms with van der Waals surface area (Å²) in [4.78, 5) is 16.0. The van der Waals surface area contributed by atoms with Gasteiger partial charge in [-0.15, -0.1) is 0 Å². The molecular weight excluding hydrogens is 1030 g/mol. The van der Waals surface area contributed by atoms with Gasteiger partial charge in [-0.2, -0.15) is 0 Å². The molecule has 0 amide bonds. The van der Waals surface area contributed by atoms with E-state index in [1.165, 1.54) is 50.2 Å². The normalized spacial score (nSPS) is 12.1. The molecule has 0 aliphatic heterocycles. The number of pyridine rings is 1. The van der Waals surface area contributed by atoms with Gasteiger partial charge in [-0.3, -0.25) is 14.1 Å². The fraction of sp³-hybridized carbons (Fsp3) is 0.182. The smallest absolute Gasteiger partial charge is 0.149 e. The third-order valence-corrected chi connectivity index (χ3v) is 17.0. The Bertz CT molecular complexity index is 4840. The Balaban J connectivity index is 1.01. The first kappa shape index (κ1) is 52.5. The van der Waals surface area contributed by atoms with Crippen LogP contribution < -0.4 is 4.74 Å². The maximum absolute atomic E-state index is 7.33. The van der Waals surface area contributed by atoms with E-state index in [1.807, 2.05) is 6.07 Å². The molecule has 7 heteroatoms. The highest BCUT2D eigenvalue weighted by molar-refractivity contribution is 6.23. The van der Waals surface area contributed by atoms with E-state index in [0.29, 0.717) is 11.5 Å². The number of para-hydroxylation sites is 4. The zero-order valence-electron chi connectivity index (χ0n) is 49.4. The molecule has 14 aromatic rings. The highest BCUT2D eigenvalue weighted by Gasteiger charge is 2.29. The van der Waals surface area contributed by atoms with Crippen LogP contribution in [0.3, 0.4) is 0 Å². The van der Waals surface area contributed by atoms with E-state index in [4.69, 9.17) is 24.1 Å². The van der Waals surface area contributed by atoms with E-state index < -0.39 is 0 Å². The SMILES string of the molecule is Cc1cc2cc3ccc4oc5c(-c6nc7ccccc7n6-c6c(C(C)C)cc(-c7ccccc7)cc6C(C)C)cc(Oc6cccc(-c7nc8ccccc8n7-c7c(C(C)C)cc(-c8ccccc8)cc7C(C)C)c6)cc5c4c3cc2c(C)n1. The molecular formula is C77H67N5O2. The third kappa shape index (κ3) is 8.92. The molecule has 0 aliphatic rings. The minimum absolute atomic E-state index is 0.182. The molecule has 412 valence electrons. The van der Waals surface area contributed by atoms with E-state index in [2.05, 4.69) is 272 Å². The summed E-state index contributed by atoms with van der Waals surface area (Å²) in [6.45, 7) is 22.6. The van der Waals surface area contributed by atoms with Gasteiger partial charge in [-0.25, -0.2) is 9.97 Å². The van der Waals surface area contributed by atoms with Crippen molar-refractivity contribution in [1.82, 2.24) is 24.1 Å². The van der Waals surface area contributed by atoms with Crippen LogP contribution in [0.2, 0.25) is 0 Å². The number of furan rings is 1. The Labute approximate surface area is 490 Å². The van der Waals surface area contributed by atoms with Gasteiger partial charge in [0.05, 0.1) is 39.0 Å².